The maximum absolute atomic E-state index is 12.7. The normalized spacial score (nSPS) is 15.0. The molecule has 1 amide bonds. The van der Waals surface area contributed by atoms with Crippen LogP contribution >= 0.6 is 11.9 Å². The van der Waals surface area contributed by atoms with Gasteiger partial charge in [0.15, 0.2) is 0 Å². The van der Waals surface area contributed by atoms with E-state index < -0.39 is 11.7 Å². The number of nitrogens with one attached hydrogen (secondary N) is 3. The molecule has 1 aromatic heterocycles. The summed E-state index contributed by atoms with van der Waals surface area (Å²) in [6.45, 7) is 1.73. The van der Waals surface area contributed by atoms with E-state index in [9.17, 15) is 18.0 Å². The molecular weight excluding hydrogens is 475 g/mol. The number of benzene rings is 2. The van der Waals surface area contributed by atoms with Gasteiger partial charge in [0.1, 0.15) is 5.82 Å². The highest BCUT2D eigenvalue weighted by molar-refractivity contribution is 7.97. The molecule has 3 N–H and O–H groups in total. The monoisotopic (exact) mass is 501 g/mol. The number of halogens is 3. The van der Waals surface area contributed by atoms with Gasteiger partial charge in [-0.1, -0.05) is 18.2 Å². The molecule has 0 unspecified atom stereocenters. The van der Waals surface area contributed by atoms with E-state index >= 15 is 0 Å². The first-order chi connectivity index (χ1) is 16.9. The van der Waals surface area contributed by atoms with Gasteiger partial charge >= 0.3 is 6.18 Å². The molecule has 0 spiro atoms. The van der Waals surface area contributed by atoms with Crippen molar-refractivity contribution in [1.82, 2.24) is 9.29 Å². The van der Waals surface area contributed by atoms with Crippen molar-refractivity contribution >= 4 is 35.6 Å². The van der Waals surface area contributed by atoms with Crippen LogP contribution in [0.1, 0.15) is 18.4 Å². The van der Waals surface area contributed by atoms with Gasteiger partial charge in [-0.25, -0.2) is 9.29 Å². The first-order valence-electron chi connectivity index (χ1n) is 11.2. The van der Waals surface area contributed by atoms with Crippen LogP contribution in [-0.4, -0.2) is 41.9 Å². The zero-order valence-electron chi connectivity index (χ0n) is 19.1. The van der Waals surface area contributed by atoms with Crippen LogP contribution in [0.3, 0.4) is 0 Å². The lowest BCUT2D eigenvalue weighted by Crippen LogP contribution is -2.35. The number of carbonyl (C=O) groups excluding carboxylic acids is 1. The Morgan fingerprint density at radius 3 is 2.31 bits per heavy atom. The van der Waals surface area contributed by atoms with Gasteiger partial charge < -0.3 is 16.0 Å². The van der Waals surface area contributed by atoms with Gasteiger partial charge in [0, 0.05) is 37.3 Å². The smallest absolute Gasteiger partial charge is 0.386 e. The zero-order chi connectivity index (χ0) is 24.8. The standard InChI is InChI=1S/C25H26F3N5OS/c1-29-23-14-18(4-8-22(23)31-16-34)17-2-6-21(7-3-17)35-33-12-10-20(11-13-33)32-24-9-5-19(15-30-24)25(26,27)28/h2-9,14-16,20,29H,10-13H2,1H3,(H,30,32)(H,31,34). The van der Waals surface area contributed by atoms with Gasteiger partial charge in [-0.2, -0.15) is 13.2 Å². The molecule has 0 bridgehead atoms. The Morgan fingerprint density at radius 1 is 1.00 bits per heavy atom. The van der Waals surface area contributed by atoms with Gasteiger partial charge in [0.25, 0.3) is 0 Å². The number of rotatable bonds is 8. The van der Waals surface area contributed by atoms with Gasteiger partial charge in [0.05, 0.1) is 16.9 Å². The number of anilines is 3. The Morgan fingerprint density at radius 2 is 1.71 bits per heavy atom. The molecule has 0 aliphatic carbocycles. The maximum atomic E-state index is 12.7. The lowest BCUT2D eigenvalue weighted by atomic mass is 10.0. The molecule has 10 heteroatoms. The third-order valence-corrected chi connectivity index (χ3v) is 6.93. The average Bonchev–Trinajstić information content (AvgIpc) is 2.86. The molecule has 0 atom stereocenters. The van der Waals surface area contributed by atoms with Crippen molar-refractivity contribution in [2.24, 2.45) is 0 Å². The minimum Gasteiger partial charge on any atom is -0.386 e. The topological polar surface area (TPSA) is 69.3 Å². The molecule has 4 rings (SSSR count). The van der Waals surface area contributed by atoms with E-state index in [1.807, 2.05) is 25.2 Å². The summed E-state index contributed by atoms with van der Waals surface area (Å²) in [5.74, 6) is 0.469. The summed E-state index contributed by atoms with van der Waals surface area (Å²) < 4.78 is 40.4. The molecule has 184 valence electrons. The average molecular weight is 502 g/mol. The van der Waals surface area contributed by atoms with Gasteiger partial charge in [-0.15, -0.1) is 0 Å². The minimum absolute atomic E-state index is 0.177. The number of pyridine rings is 1. The molecule has 1 saturated heterocycles. The van der Waals surface area contributed by atoms with Crippen LogP contribution in [-0.2, 0) is 11.0 Å². The summed E-state index contributed by atoms with van der Waals surface area (Å²) in [6.07, 6.45) is -1.09. The second-order valence-electron chi connectivity index (χ2n) is 8.17. The number of hydrogen-bond donors (Lipinski definition) is 3. The Kier molecular flexibility index (Phi) is 7.82. The number of carbonyl (C=O) groups is 1. The lowest BCUT2D eigenvalue weighted by molar-refractivity contribution is -0.137. The van der Waals surface area contributed by atoms with Crippen LogP contribution in [0.4, 0.5) is 30.4 Å². The molecular formula is C25H26F3N5OS. The summed E-state index contributed by atoms with van der Waals surface area (Å²) in [5.41, 5.74) is 2.96. The fraction of sp³-hybridized carbons (Fsp3) is 0.280. The maximum Gasteiger partial charge on any atom is 0.417 e. The second kappa shape index (κ2) is 11.0. The summed E-state index contributed by atoms with van der Waals surface area (Å²) in [5, 5.41) is 9.03. The fourth-order valence-electron chi connectivity index (χ4n) is 3.92. The number of alkyl halides is 3. The number of nitrogens with zero attached hydrogens (tertiary/aromatic N) is 2. The van der Waals surface area contributed by atoms with E-state index in [2.05, 4.69) is 49.5 Å². The SMILES string of the molecule is CNc1cc(-c2ccc(SN3CCC(Nc4ccc(C(F)(F)F)cn4)CC3)cc2)ccc1NC=O. The molecule has 0 saturated carbocycles. The molecule has 2 aromatic carbocycles. The van der Waals surface area contributed by atoms with Gasteiger partial charge in [0.2, 0.25) is 6.41 Å². The van der Waals surface area contributed by atoms with Crippen LogP contribution in [0.15, 0.2) is 65.7 Å². The van der Waals surface area contributed by atoms with Crippen LogP contribution in [0, 0.1) is 0 Å². The van der Waals surface area contributed by atoms with Crippen molar-refractivity contribution < 1.29 is 18.0 Å². The predicted octanol–water partition coefficient (Wildman–Crippen LogP) is 5.96. The molecule has 6 nitrogen and oxygen atoms in total. The van der Waals surface area contributed by atoms with E-state index in [-0.39, 0.29) is 6.04 Å². The van der Waals surface area contributed by atoms with E-state index in [1.165, 1.54) is 6.07 Å². The predicted molar refractivity (Wildman–Crippen MR) is 134 cm³/mol. The van der Waals surface area contributed by atoms with Crippen LogP contribution in [0.5, 0.6) is 0 Å². The lowest BCUT2D eigenvalue weighted by Gasteiger charge is -2.31. The van der Waals surface area contributed by atoms with Crippen molar-refractivity contribution in [2.75, 3.05) is 36.1 Å². The Hall–Kier alpha value is -3.24. The van der Waals surface area contributed by atoms with Crippen molar-refractivity contribution in [3.05, 3.63) is 66.4 Å². The molecule has 1 aliphatic rings. The highest BCUT2D eigenvalue weighted by Gasteiger charge is 2.30. The first kappa shape index (κ1) is 24.9. The summed E-state index contributed by atoms with van der Waals surface area (Å²) in [7, 11) is 1.81. The van der Waals surface area contributed by atoms with E-state index in [0.717, 1.165) is 65.6 Å². The summed E-state index contributed by atoms with van der Waals surface area (Å²) in [6, 6.07) is 16.8. The third-order valence-electron chi connectivity index (χ3n) is 5.82. The van der Waals surface area contributed by atoms with Crippen molar-refractivity contribution in [2.45, 2.75) is 30.0 Å². The van der Waals surface area contributed by atoms with Crippen LogP contribution < -0.4 is 16.0 Å². The minimum atomic E-state index is -4.37. The van der Waals surface area contributed by atoms with Crippen LogP contribution in [0.25, 0.3) is 11.1 Å². The second-order valence-corrected chi connectivity index (χ2v) is 9.34. The van der Waals surface area contributed by atoms with E-state index in [1.54, 1.807) is 11.9 Å². The number of amides is 1. The summed E-state index contributed by atoms with van der Waals surface area (Å²) in [4.78, 5) is 15.8. The van der Waals surface area contributed by atoms with Crippen molar-refractivity contribution in [1.29, 1.82) is 0 Å². The molecule has 0 radical (unpaired) electrons. The Bertz CT molecular complexity index is 1130. The number of piperidine rings is 1. The Balaban J connectivity index is 1.29. The molecule has 3 aromatic rings. The highest BCUT2D eigenvalue weighted by atomic mass is 32.2. The van der Waals surface area contributed by atoms with E-state index in [0.29, 0.717) is 12.2 Å². The first-order valence-corrected chi connectivity index (χ1v) is 12.0. The summed E-state index contributed by atoms with van der Waals surface area (Å²) >= 11 is 1.70. The quantitative estimate of drug-likeness (QED) is 0.261. The molecule has 2 heterocycles. The zero-order valence-corrected chi connectivity index (χ0v) is 19.9. The number of aromatic nitrogens is 1. The van der Waals surface area contributed by atoms with Crippen molar-refractivity contribution in [3.63, 3.8) is 0 Å². The Labute approximate surface area is 206 Å². The molecule has 1 fully saturated rings. The molecule has 35 heavy (non-hydrogen) atoms. The van der Waals surface area contributed by atoms with Gasteiger partial charge in [-0.3, -0.25) is 4.79 Å². The van der Waals surface area contributed by atoms with Crippen molar-refractivity contribution in [3.8, 4) is 11.1 Å². The van der Waals surface area contributed by atoms with E-state index in [4.69, 9.17) is 0 Å². The third kappa shape index (κ3) is 6.46. The van der Waals surface area contributed by atoms with Crippen LogP contribution in [0.2, 0.25) is 0 Å². The fourth-order valence-corrected chi connectivity index (χ4v) is 4.87. The van der Waals surface area contributed by atoms with Gasteiger partial charge in [-0.05, 0) is 72.3 Å². The largest absolute Gasteiger partial charge is 0.417 e. The highest BCUT2D eigenvalue weighted by Crippen LogP contribution is 2.32. The molecule has 1 aliphatic heterocycles. The number of hydrogen-bond acceptors (Lipinski definition) is 6.